The van der Waals surface area contributed by atoms with E-state index in [0.717, 1.165) is 5.56 Å². The molecule has 1 aliphatic carbocycles. The number of hydrogen-bond acceptors (Lipinski definition) is 7. The van der Waals surface area contributed by atoms with E-state index in [2.05, 4.69) is 14.9 Å². The lowest BCUT2D eigenvalue weighted by molar-refractivity contribution is -0.000839. The van der Waals surface area contributed by atoms with Crippen molar-refractivity contribution in [2.45, 2.75) is 62.5 Å². The molecule has 2 fully saturated rings. The Morgan fingerprint density at radius 3 is 2.54 bits per heavy atom. The first-order valence-electron chi connectivity index (χ1n) is 12.2. The van der Waals surface area contributed by atoms with Crippen LogP contribution in [0.4, 0.5) is 18.0 Å². The summed E-state index contributed by atoms with van der Waals surface area (Å²) in [4.78, 5) is 13.7. The molecule has 9 nitrogen and oxygen atoms in total. The molecular formula is C24H27ClF3N5O4S2. The van der Waals surface area contributed by atoms with Crippen LogP contribution in [0, 0.1) is 5.92 Å². The van der Waals surface area contributed by atoms with Gasteiger partial charge in [-0.15, -0.1) is 10.2 Å². The molecule has 1 amide bonds. The van der Waals surface area contributed by atoms with Crippen LogP contribution in [0.15, 0.2) is 23.2 Å². The predicted octanol–water partition coefficient (Wildman–Crippen LogP) is 5.24. The van der Waals surface area contributed by atoms with Crippen molar-refractivity contribution in [3.8, 4) is 10.7 Å². The quantitative estimate of drug-likeness (QED) is 0.377. The van der Waals surface area contributed by atoms with E-state index in [1.165, 1.54) is 16.7 Å². The second kappa shape index (κ2) is 9.89. The summed E-state index contributed by atoms with van der Waals surface area (Å²) in [5.41, 5.74) is -0.157. The zero-order chi connectivity index (χ0) is 28.3. The van der Waals surface area contributed by atoms with Crippen LogP contribution in [0.1, 0.15) is 50.6 Å². The molecule has 2 aliphatic rings. The number of fused-ring (bicyclic) bond motifs is 1. The topological polar surface area (TPSA) is 106 Å². The smallest absolute Gasteiger partial charge is 0.410 e. The molecule has 3 aromatic heterocycles. The van der Waals surface area contributed by atoms with Crippen molar-refractivity contribution in [1.82, 2.24) is 24.2 Å². The Morgan fingerprint density at radius 2 is 1.97 bits per heavy atom. The van der Waals surface area contributed by atoms with Crippen molar-refractivity contribution in [2.24, 2.45) is 5.92 Å². The van der Waals surface area contributed by atoms with Gasteiger partial charge in [0, 0.05) is 19.3 Å². The standard InChI is InChI=1S/C24H27ClF3N5O4S2/c1-23(2,3)37-22(34)32-9-13(10-32)6-14-7-17(20-29-30-21(38-20)19(27)28)33-11-15(8-16(25)18(14)33)39(35,36)31-24(12-26)4-5-24/h7-8,11,13,19,31H,4-6,9-10,12H2,1-3H3. The molecule has 1 aliphatic heterocycles. The molecule has 212 valence electrons. The molecule has 0 spiro atoms. The zero-order valence-electron chi connectivity index (χ0n) is 21.4. The number of nitrogens with one attached hydrogen (secondary N) is 1. The van der Waals surface area contributed by atoms with Gasteiger partial charge >= 0.3 is 6.09 Å². The number of alkyl halides is 3. The lowest BCUT2D eigenvalue weighted by Gasteiger charge is -2.39. The number of hydrogen-bond donors (Lipinski definition) is 1. The third kappa shape index (κ3) is 5.74. The Hall–Kier alpha value is -2.42. The Labute approximate surface area is 232 Å². The maximum Gasteiger partial charge on any atom is 0.410 e. The molecular weight excluding hydrogens is 579 g/mol. The average molecular weight is 606 g/mol. The highest BCUT2D eigenvalue weighted by atomic mass is 35.5. The summed E-state index contributed by atoms with van der Waals surface area (Å²) >= 11 is 7.32. The van der Waals surface area contributed by atoms with Crippen molar-refractivity contribution >= 4 is 44.6 Å². The van der Waals surface area contributed by atoms with Gasteiger partial charge in [0.2, 0.25) is 10.0 Å². The van der Waals surface area contributed by atoms with Gasteiger partial charge in [-0.3, -0.25) is 0 Å². The van der Waals surface area contributed by atoms with Crippen LogP contribution in [-0.4, -0.2) is 64.9 Å². The molecule has 0 unspecified atom stereocenters. The third-order valence-corrected chi connectivity index (χ3v) is 9.39. The molecule has 5 rings (SSSR count). The lowest BCUT2D eigenvalue weighted by Crippen LogP contribution is -2.52. The Kier molecular flexibility index (Phi) is 7.13. The second-order valence-corrected chi connectivity index (χ2v) is 14.1. The number of carbonyl (C=O) groups is 1. The van der Waals surface area contributed by atoms with Gasteiger partial charge < -0.3 is 14.0 Å². The van der Waals surface area contributed by atoms with Gasteiger partial charge in [-0.05, 0) is 63.6 Å². The number of halogens is 4. The maximum atomic E-state index is 13.4. The summed E-state index contributed by atoms with van der Waals surface area (Å²) in [5, 5.41) is 7.27. The van der Waals surface area contributed by atoms with Crippen LogP contribution in [0.2, 0.25) is 5.02 Å². The number of rotatable bonds is 8. The number of sulfonamides is 1. The van der Waals surface area contributed by atoms with Crippen LogP contribution in [0.3, 0.4) is 0 Å². The molecule has 1 N–H and O–H groups in total. The van der Waals surface area contributed by atoms with Crippen molar-refractivity contribution in [3.05, 3.63) is 33.9 Å². The summed E-state index contributed by atoms with van der Waals surface area (Å²) in [6, 6.07) is 3.01. The van der Waals surface area contributed by atoms with E-state index in [1.807, 2.05) is 0 Å². The number of amides is 1. The molecule has 15 heteroatoms. The van der Waals surface area contributed by atoms with Crippen molar-refractivity contribution < 1.29 is 31.1 Å². The van der Waals surface area contributed by atoms with Gasteiger partial charge in [-0.2, -0.15) is 0 Å². The summed E-state index contributed by atoms with van der Waals surface area (Å²) in [6.07, 6.45) is -0.626. The van der Waals surface area contributed by atoms with E-state index in [-0.39, 0.29) is 20.8 Å². The van der Waals surface area contributed by atoms with E-state index in [0.29, 0.717) is 54.9 Å². The van der Waals surface area contributed by atoms with Crippen molar-refractivity contribution in [2.75, 3.05) is 19.8 Å². The van der Waals surface area contributed by atoms with Gasteiger partial charge in [0.1, 0.15) is 17.2 Å². The lowest BCUT2D eigenvalue weighted by atomic mass is 9.93. The van der Waals surface area contributed by atoms with E-state index in [1.54, 1.807) is 31.7 Å². The summed E-state index contributed by atoms with van der Waals surface area (Å²) in [7, 11) is -4.13. The van der Waals surface area contributed by atoms with E-state index < -0.39 is 45.4 Å². The SMILES string of the molecule is CC(C)(C)OC(=O)N1CC(Cc2cc(-c3nnc(C(F)F)s3)n3cc(S(=O)(=O)NC4(CF)CC4)cc(Cl)c23)C1. The van der Waals surface area contributed by atoms with Gasteiger partial charge in [0.15, 0.2) is 10.0 Å². The number of carbonyl (C=O) groups excluding carboxylic acids is 1. The molecule has 1 saturated heterocycles. The molecule has 0 aromatic carbocycles. The number of pyridine rings is 1. The Morgan fingerprint density at radius 1 is 1.28 bits per heavy atom. The predicted molar refractivity (Wildman–Crippen MR) is 140 cm³/mol. The first-order chi connectivity index (χ1) is 18.2. The fourth-order valence-corrected chi connectivity index (χ4v) is 7.05. The summed E-state index contributed by atoms with van der Waals surface area (Å²) in [5.74, 6) is 0.0723. The van der Waals surface area contributed by atoms with Crippen molar-refractivity contribution in [3.63, 3.8) is 0 Å². The maximum absolute atomic E-state index is 13.4. The van der Waals surface area contributed by atoms with Crippen LogP contribution in [-0.2, 0) is 21.2 Å². The highest BCUT2D eigenvalue weighted by molar-refractivity contribution is 7.89. The second-order valence-electron chi connectivity index (χ2n) is 11.0. The zero-order valence-corrected chi connectivity index (χ0v) is 23.8. The fraction of sp³-hybridized carbons (Fsp3) is 0.542. The number of ether oxygens (including phenoxy) is 1. The van der Waals surface area contributed by atoms with Gasteiger partial charge in [-0.25, -0.2) is 31.1 Å². The van der Waals surface area contributed by atoms with Gasteiger partial charge in [0.05, 0.1) is 21.8 Å². The average Bonchev–Trinajstić information content (AvgIpc) is 3.22. The molecule has 1 saturated carbocycles. The van der Waals surface area contributed by atoms with Crippen molar-refractivity contribution in [1.29, 1.82) is 0 Å². The van der Waals surface area contributed by atoms with Crippen LogP contribution < -0.4 is 4.72 Å². The highest BCUT2D eigenvalue weighted by Gasteiger charge is 2.46. The Bertz CT molecular complexity index is 1530. The van der Waals surface area contributed by atoms with E-state index in [9.17, 15) is 26.4 Å². The minimum absolute atomic E-state index is 0.0723. The monoisotopic (exact) mass is 605 g/mol. The third-order valence-electron chi connectivity index (χ3n) is 6.60. The molecule has 0 atom stereocenters. The summed E-state index contributed by atoms with van der Waals surface area (Å²) in [6.45, 7) is 5.45. The minimum atomic E-state index is -4.13. The highest BCUT2D eigenvalue weighted by Crippen LogP contribution is 2.39. The van der Waals surface area contributed by atoms with Crippen LogP contribution >= 0.6 is 22.9 Å². The normalized spacial score (nSPS) is 17.6. The Balaban J connectivity index is 1.49. The largest absolute Gasteiger partial charge is 0.444 e. The molecule has 0 bridgehead atoms. The number of aromatic nitrogens is 3. The van der Waals surface area contributed by atoms with Gasteiger partial charge in [0.25, 0.3) is 6.43 Å². The van der Waals surface area contributed by atoms with Crippen LogP contribution in [0.25, 0.3) is 16.2 Å². The number of nitrogens with zero attached hydrogens (tertiary/aromatic N) is 4. The molecule has 3 aromatic rings. The van der Waals surface area contributed by atoms with E-state index in [4.69, 9.17) is 16.3 Å². The van der Waals surface area contributed by atoms with Gasteiger partial charge in [-0.1, -0.05) is 22.9 Å². The summed E-state index contributed by atoms with van der Waals surface area (Å²) < 4.78 is 75.4. The molecule has 0 radical (unpaired) electrons. The fourth-order valence-electron chi connectivity index (χ4n) is 4.48. The molecule has 4 heterocycles. The first kappa shape index (κ1) is 28.1. The first-order valence-corrected chi connectivity index (χ1v) is 14.9. The van der Waals surface area contributed by atoms with Crippen LogP contribution in [0.5, 0.6) is 0 Å². The van der Waals surface area contributed by atoms with E-state index >= 15 is 0 Å². The molecule has 39 heavy (non-hydrogen) atoms. The minimum Gasteiger partial charge on any atom is -0.444 e. The number of likely N-dealkylation sites (tertiary alicyclic amines) is 1.